The molecule has 0 atom stereocenters. The van der Waals surface area contributed by atoms with E-state index in [1.165, 1.54) is 14.2 Å². The number of ether oxygens (including phenoxy) is 1. The fourth-order valence-corrected chi connectivity index (χ4v) is 2.79. The van der Waals surface area contributed by atoms with E-state index in [-0.39, 0.29) is 23.1 Å². The Morgan fingerprint density at radius 2 is 1.86 bits per heavy atom. The second-order valence-electron chi connectivity index (χ2n) is 5.41. The number of halogens is 5. The fraction of sp³-hybridized carbons (Fsp3) is 0.222. The Hall–Kier alpha value is -2.45. The van der Waals surface area contributed by atoms with Gasteiger partial charge >= 0.3 is 6.18 Å². The van der Waals surface area contributed by atoms with Crippen LogP contribution in [0.25, 0.3) is 0 Å². The molecule has 10 heteroatoms. The third-order valence-electron chi connectivity index (χ3n) is 3.61. The molecule has 0 heterocycles. The number of carbonyl (C=O) groups is 1. The van der Waals surface area contributed by atoms with E-state index in [0.717, 1.165) is 6.07 Å². The van der Waals surface area contributed by atoms with E-state index < -0.39 is 22.7 Å². The van der Waals surface area contributed by atoms with Crippen LogP contribution in [0.4, 0.5) is 13.2 Å². The van der Waals surface area contributed by atoms with Crippen molar-refractivity contribution in [2.24, 2.45) is 5.16 Å². The molecular weight excluding hydrogens is 420 g/mol. The van der Waals surface area contributed by atoms with Crippen LogP contribution in [-0.2, 0) is 22.4 Å². The third kappa shape index (κ3) is 5.08. The van der Waals surface area contributed by atoms with Crippen LogP contribution < -0.4 is 10.1 Å². The lowest BCUT2D eigenvalue weighted by Crippen LogP contribution is -2.29. The molecule has 1 amide bonds. The lowest BCUT2D eigenvalue weighted by atomic mass is 10.0. The number of carbonyl (C=O) groups excluding carboxylic acids is 1. The number of benzene rings is 2. The normalized spacial score (nSPS) is 11.9. The van der Waals surface area contributed by atoms with Gasteiger partial charge in [-0.2, -0.15) is 13.2 Å². The number of nitrogens with one attached hydrogen (secondary N) is 1. The molecule has 0 aliphatic carbocycles. The summed E-state index contributed by atoms with van der Waals surface area (Å²) >= 11 is 11.6. The van der Waals surface area contributed by atoms with E-state index in [9.17, 15) is 18.0 Å². The molecule has 0 saturated heterocycles. The number of oxime groups is 1. The molecule has 0 unspecified atom stereocenters. The molecular formula is C18H15Cl2F3N2O3. The Morgan fingerprint density at radius 1 is 1.18 bits per heavy atom. The molecule has 0 aromatic heterocycles. The lowest BCUT2D eigenvalue weighted by Gasteiger charge is -2.15. The Morgan fingerprint density at radius 3 is 2.46 bits per heavy atom. The first kappa shape index (κ1) is 21.8. The van der Waals surface area contributed by atoms with Gasteiger partial charge in [-0.25, -0.2) is 0 Å². The van der Waals surface area contributed by atoms with Gasteiger partial charge in [-0.15, -0.1) is 0 Å². The van der Waals surface area contributed by atoms with Crippen molar-refractivity contribution in [3.8, 4) is 5.75 Å². The zero-order chi connectivity index (χ0) is 20.9. The summed E-state index contributed by atoms with van der Waals surface area (Å²) in [6.07, 6.45) is -4.63. The number of amides is 1. The molecule has 0 aliphatic heterocycles. The number of nitrogens with zero attached hydrogens (tertiary/aromatic N) is 1. The van der Waals surface area contributed by atoms with Crippen molar-refractivity contribution in [2.45, 2.75) is 12.8 Å². The minimum absolute atomic E-state index is 0.0146. The maximum atomic E-state index is 12.9. The first-order valence-electron chi connectivity index (χ1n) is 7.79. The maximum Gasteiger partial charge on any atom is 0.417 e. The molecule has 1 N–H and O–H groups in total. The number of rotatable bonds is 6. The highest BCUT2D eigenvalue weighted by Crippen LogP contribution is 2.40. The van der Waals surface area contributed by atoms with E-state index in [1.54, 1.807) is 24.3 Å². The van der Waals surface area contributed by atoms with Gasteiger partial charge in [0.15, 0.2) is 5.71 Å². The van der Waals surface area contributed by atoms with Crippen molar-refractivity contribution in [1.29, 1.82) is 0 Å². The van der Waals surface area contributed by atoms with E-state index in [4.69, 9.17) is 32.8 Å². The number of likely N-dealkylation sites (N-methyl/N-ethyl adjacent to an activating group) is 1. The average molecular weight is 435 g/mol. The number of hydrogen-bond acceptors (Lipinski definition) is 4. The van der Waals surface area contributed by atoms with Crippen LogP contribution in [0, 0.1) is 0 Å². The first-order valence-corrected chi connectivity index (χ1v) is 8.55. The molecule has 0 bridgehead atoms. The van der Waals surface area contributed by atoms with Gasteiger partial charge in [0.1, 0.15) is 19.5 Å². The van der Waals surface area contributed by atoms with Gasteiger partial charge in [0, 0.05) is 18.7 Å². The highest BCUT2D eigenvalue weighted by atomic mass is 35.5. The molecule has 2 aromatic rings. The standard InChI is InChI=1S/C18H15Cl2F3N2O3/c1-24-17(26)16(25-27-2)11-6-4-3-5-10(11)9-28-15-8-13(19)12(7-14(15)20)18(21,22)23/h3-8H,9H2,1-2H3,(H,24,26)/b25-16-. The van der Waals surface area contributed by atoms with Crippen LogP contribution in [0.15, 0.2) is 41.6 Å². The smallest absolute Gasteiger partial charge is 0.417 e. The minimum atomic E-state index is -4.63. The second kappa shape index (κ2) is 9.16. The minimum Gasteiger partial charge on any atom is -0.487 e. The molecule has 0 aliphatic rings. The van der Waals surface area contributed by atoms with Crippen LogP contribution in [0.3, 0.4) is 0 Å². The Labute approximate surface area is 169 Å². The zero-order valence-corrected chi connectivity index (χ0v) is 16.2. The van der Waals surface area contributed by atoms with Crippen molar-refractivity contribution < 1.29 is 27.5 Å². The summed E-state index contributed by atoms with van der Waals surface area (Å²) < 4.78 is 44.2. The van der Waals surface area contributed by atoms with Crippen LogP contribution >= 0.6 is 23.2 Å². The van der Waals surface area contributed by atoms with Crippen molar-refractivity contribution in [2.75, 3.05) is 14.2 Å². The molecule has 2 aromatic carbocycles. The summed E-state index contributed by atoms with van der Waals surface area (Å²) in [6.45, 7) is -0.0999. The summed E-state index contributed by atoms with van der Waals surface area (Å²) in [5.41, 5.74) is -0.0754. The maximum absolute atomic E-state index is 12.9. The molecule has 0 radical (unpaired) electrons. The zero-order valence-electron chi connectivity index (χ0n) is 14.7. The van der Waals surface area contributed by atoms with Crippen molar-refractivity contribution in [3.63, 3.8) is 0 Å². The van der Waals surface area contributed by atoms with Crippen molar-refractivity contribution in [3.05, 3.63) is 63.1 Å². The topological polar surface area (TPSA) is 59.9 Å². The summed E-state index contributed by atoms with van der Waals surface area (Å²) in [5, 5.41) is 5.40. The summed E-state index contributed by atoms with van der Waals surface area (Å²) in [5.74, 6) is -0.510. The molecule has 5 nitrogen and oxygen atoms in total. The Kier molecular flexibility index (Phi) is 7.15. The number of alkyl halides is 3. The first-order chi connectivity index (χ1) is 13.2. The third-order valence-corrected chi connectivity index (χ3v) is 4.22. The van der Waals surface area contributed by atoms with E-state index in [2.05, 4.69) is 10.5 Å². The van der Waals surface area contributed by atoms with Gasteiger partial charge in [-0.05, 0) is 11.6 Å². The highest BCUT2D eigenvalue weighted by molar-refractivity contribution is 6.45. The van der Waals surface area contributed by atoms with Crippen molar-refractivity contribution in [1.82, 2.24) is 5.32 Å². The van der Waals surface area contributed by atoms with E-state index >= 15 is 0 Å². The summed E-state index contributed by atoms with van der Waals surface area (Å²) in [6, 6.07) is 8.40. The molecule has 150 valence electrons. The quantitative estimate of drug-likeness (QED) is 0.529. The van der Waals surface area contributed by atoms with Crippen LogP contribution in [-0.4, -0.2) is 25.8 Å². The van der Waals surface area contributed by atoms with Gasteiger partial charge < -0.3 is 14.9 Å². The van der Waals surface area contributed by atoms with Crippen LogP contribution in [0.2, 0.25) is 10.0 Å². The van der Waals surface area contributed by atoms with Crippen LogP contribution in [0.1, 0.15) is 16.7 Å². The summed E-state index contributed by atoms with van der Waals surface area (Å²) in [4.78, 5) is 16.8. The fourth-order valence-electron chi connectivity index (χ4n) is 2.31. The monoisotopic (exact) mass is 434 g/mol. The number of hydrogen-bond donors (Lipinski definition) is 1. The Balaban J connectivity index is 2.33. The highest BCUT2D eigenvalue weighted by Gasteiger charge is 2.34. The van der Waals surface area contributed by atoms with Gasteiger partial charge in [0.2, 0.25) is 0 Å². The Bertz CT molecular complexity index is 902. The lowest BCUT2D eigenvalue weighted by molar-refractivity contribution is -0.137. The van der Waals surface area contributed by atoms with Crippen molar-refractivity contribution >= 4 is 34.8 Å². The average Bonchev–Trinajstić information content (AvgIpc) is 2.65. The molecule has 0 fully saturated rings. The van der Waals surface area contributed by atoms with E-state index in [1.807, 2.05) is 0 Å². The SMILES string of the molecule is CNC(=O)/C(=N\OC)c1ccccc1COc1cc(Cl)c(C(F)(F)F)cc1Cl. The molecule has 28 heavy (non-hydrogen) atoms. The predicted molar refractivity (Wildman–Crippen MR) is 99.9 cm³/mol. The second-order valence-corrected chi connectivity index (χ2v) is 6.22. The largest absolute Gasteiger partial charge is 0.487 e. The van der Waals surface area contributed by atoms with Gasteiger partial charge in [0.05, 0.1) is 15.6 Å². The van der Waals surface area contributed by atoms with Gasteiger partial charge in [-0.3, -0.25) is 4.79 Å². The molecule has 0 spiro atoms. The molecule has 2 rings (SSSR count). The molecule has 0 saturated carbocycles. The van der Waals surface area contributed by atoms with Gasteiger partial charge in [0.25, 0.3) is 5.91 Å². The van der Waals surface area contributed by atoms with E-state index in [0.29, 0.717) is 17.2 Å². The van der Waals surface area contributed by atoms with Gasteiger partial charge in [-0.1, -0.05) is 52.6 Å². The van der Waals surface area contributed by atoms with Crippen LogP contribution in [0.5, 0.6) is 5.75 Å². The predicted octanol–water partition coefficient (Wildman–Crippen LogP) is 4.69. The summed E-state index contributed by atoms with van der Waals surface area (Å²) in [7, 11) is 2.74.